The largest absolute Gasteiger partial charge is 0.495 e. The number of rotatable bonds is 6. The van der Waals surface area contributed by atoms with Crippen molar-refractivity contribution >= 4 is 39.8 Å². The maximum Gasteiger partial charge on any atom is 0.416 e. The highest BCUT2D eigenvalue weighted by Crippen LogP contribution is 2.37. The molecule has 1 aliphatic rings. The molecule has 1 saturated heterocycles. The lowest BCUT2D eigenvalue weighted by atomic mass is 10.1. The predicted molar refractivity (Wildman–Crippen MR) is 148 cm³/mol. The molecule has 0 aliphatic carbocycles. The number of nitrogens with zero attached hydrogens (tertiary/aromatic N) is 3. The molecule has 1 fully saturated rings. The molecule has 0 saturated carbocycles. The number of halogens is 4. The summed E-state index contributed by atoms with van der Waals surface area (Å²) in [5, 5.41) is 3.56. The van der Waals surface area contributed by atoms with Crippen molar-refractivity contribution in [3.05, 3.63) is 76.6 Å². The lowest BCUT2D eigenvalue weighted by Gasteiger charge is -2.29. The van der Waals surface area contributed by atoms with Crippen LogP contribution in [-0.2, 0) is 6.18 Å². The molecule has 208 valence electrons. The Bertz CT molecular complexity index is 1570. The Morgan fingerprint density at radius 1 is 1.00 bits per heavy atom. The van der Waals surface area contributed by atoms with Gasteiger partial charge in [-0.1, -0.05) is 17.7 Å². The van der Waals surface area contributed by atoms with Gasteiger partial charge in [0.1, 0.15) is 17.8 Å². The first kappa shape index (κ1) is 27.5. The number of benzene rings is 3. The number of hydrogen-bond acceptors (Lipinski definition) is 6. The van der Waals surface area contributed by atoms with Crippen LogP contribution < -0.4 is 19.7 Å². The third-order valence-corrected chi connectivity index (χ3v) is 7.05. The van der Waals surface area contributed by atoms with Crippen LogP contribution in [0.15, 0.2) is 54.9 Å². The van der Waals surface area contributed by atoms with E-state index in [1.54, 1.807) is 37.3 Å². The molecule has 11 heteroatoms. The second kappa shape index (κ2) is 11.2. The average Bonchev–Trinajstić information content (AvgIpc) is 2.93. The van der Waals surface area contributed by atoms with Crippen LogP contribution in [0.2, 0.25) is 5.02 Å². The molecule has 0 atom stereocenters. The number of piperidine rings is 1. The molecule has 2 heterocycles. The number of fused-ring (bicyclic) bond motifs is 1. The summed E-state index contributed by atoms with van der Waals surface area (Å²) in [7, 11) is 1.49. The summed E-state index contributed by atoms with van der Waals surface area (Å²) < 4.78 is 52.4. The minimum absolute atomic E-state index is 0.0641. The molecule has 0 spiro atoms. The van der Waals surface area contributed by atoms with E-state index in [9.17, 15) is 18.0 Å². The number of ether oxygens (including phenoxy) is 2. The number of carbonyl (C=O) groups is 1. The lowest BCUT2D eigenvalue weighted by Crippen LogP contribution is -2.29. The smallest absolute Gasteiger partial charge is 0.416 e. The Hall–Kier alpha value is -4.05. The van der Waals surface area contributed by atoms with E-state index in [2.05, 4.69) is 15.3 Å². The Balaban J connectivity index is 1.43. The first-order chi connectivity index (χ1) is 19.1. The minimum atomic E-state index is -4.55. The van der Waals surface area contributed by atoms with Gasteiger partial charge in [-0.3, -0.25) is 4.79 Å². The first-order valence-corrected chi connectivity index (χ1v) is 13.1. The van der Waals surface area contributed by atoms with E-state index in [1.165, 1.54) is 19.5 Å². The van der Waals surface area contributed by atoms with Crippen molar-refractivity contribution in [1.82, 2.24) is 9.97 Å². The monoisotopic (exact) mass is 570 g/mol. The number of hydrogen-bond donors (Lipinski definition) is 1. The van der Waals surface area contributed by atoms with E-state index < -0.39 is 17.6 Å². The Morgan fingerprint density at radius 2 is 1.77 bits per heavy atom. The highest BCUT2D eigenvalue weighted by Gasteiger charge is 2.32. The lowest BCUT2D eigenvalue weighted by molar-refractivity contribution is -0.137. The van der Waals surface area contributed by atoms with Gasteiger partial charge in [0.25, 0.3) is 5.91 Å². The molecule has 1 amide bonds. The zero-order chi connectivity index (χ0) is 28.4. The van der Waals surface area contributed by atoms with Crippen LogP contribution in [0.25, 0.3) is 10.9 Å². The SMILES string of the molecule is COc1cc2c(Oc3cc(C(=O)Nc4cc(N5CCCCC5)cc(C(F)(F)F)c4)ccc3C)ncnc2cc1Cl. The van der Waals surface area contributed by atoms with Crippen LogP contribution in [-0.4, -0.2) is 36.1 Å². The maximum absolute atomic E-state index is 13.7. The molecule has 4 aromatic rings. The van der Waals surface area contributed by atoms with Crippen LogP contribution in [0, 0.1) is 6.92 Å². The maximum atomic E-state index is 13.7. The third kappa shape index (κ3) is 5.91. The van der Waals surface area contributed by atoms with Gasteiger partial charge in [-0.25, -0.2) is 9.97 Å². The van der Waals surface area contributed by atoms with Gasteiger partial charge in [-0.2, -0.15) is 13.2 Å². The number of methoxy groups -OCH3 is 1. The summed E-state index contributed by atoms with van der Waals surface area (Å²) >= 11 is 6.22. The topological polar surface area (TPSA) is 76.6 Å². The molecule has 7 nitrogen and oxygen atoms in total. The van der Waals surface area contributed by atoms with E-state index in [1.807, 2.05) is 4.90 Å². The van der Waals surface area contributed by atoms with Crippen molar-refractivity contribution in [3.63, 3.8) is 0 Å². The highest BCUT2D eigenvalue weighted by molar-refractivity contribution is 6.32. The standard InChI is InChI=1S/C29H26ClF3N4O3/c1-17-6-7-18(10-25(17)40-28-22-14-26(39-2)23(30)15-24(22)34-16-35-28)27(38)36-20-11-19(29(31,32)33)12-21(13-20)37-8-4-3-5-9-37/h6-7,10-16H,3-5,8-9H2,1-2H3,(H,36,38). The van der Waals surface area contributed by atoms with Crippen molar-refractivity contribution in [1.29, 1.82) is 0 Å². The fraction of sp³-hybridized carbons (Fsp3) is 0.276. The van der Waals surface area contributed by atoms with Crippen LogP contribution >= 0.6 is 11.6 Å². The summed E-state index contributed by atoms with van der Waals surface area (Å²) in [6, 6.07) is 11.7. The summed E-state index contributed by atoms with van der Waals surface area (Å²) in [6.45, 7) is 3.14. The molecule has 3 aromatic carbocycles. The highest BCUT2D eigenvalue weighted by atomic mass is 35.5. The summed E-state index contributed by atoms with van der Waals surface area (Å²) in [6.07, 6.45) is -0.358. The molecule has 1 aromatic heterocycles. The van der Waals surface area contributed by atoms with Gasteiger partial charge in [-0.05, 0) is 74.2 Å². The average molecular weight is 571 g/mol. The van der Waals surface area contributed by atoms with Gasteiger partial charge < -0.3 is 19.7 Å². The molecule has 0 bridgehead atoms. The summed E-state index contributed by atoms with van der Waals surface area (Å²) in [5.74, 6) is 0.419. The number of anilines is 2. The van der Waals surface area contributed by atoms with Crippen molar-refractivity contribution < 1.29 is 27.4 Å². The molecule has 1 aliphatic heterocycles. The zero-order valence-electron chi connectivity index (χ0n) is 21.8. The number of carbonyl (C=O) groups excluding carboxylic acids is 1. The van der Waals surface area contributed by atoms with Crippen molar-refractivity contribution in [3.8, 4) is 17.4 Å². The fourth-order valence-electron chi connectivity index (χ4n) is 4.61. The van der Waals surface area contributed by atoms with Gasteiger partial charge >= 0.3 is 6.18 Å². The second-order valence-electron chi connectivity index (χ2n) is 9.53. The van der Waals surface area contributed by atoms with E-state index in [-0.39, 0.29) is 17.1 Å². The summed E-state index contributed by atoms with van der Waals surface area (Å²) in [5.41, 5.74) is 1.15. The molecule has 0 unspecified atom stereocenters. The predicted octanol–water partition coefficient (Wildman–Crippen LogP) is 7.65. The van der Waals surface area contributed by atoms with E-state index in [4.69, 9.17) is 21.1 Å². The Morgan fingerprint density at radius 3 is 2.50 bits per heavy atom. The van der Waals surface area contributed by atoms with Gasteiger partial charge in [0.2, 0.25) is 5.88 Å². The van der Waals surface area contributed by atoms with E-state index >= 15 is 0 Å². The van der Waals surface area contributed by atoms with Gasteiger partial charge in [0.15, 0.2) is 0 Å². The van der Waals surface area contributed by atoms with Crippen molar-refractivity contribution in [2.24, 2.45) is 0 Å². The Kier molecular flexibility index (Phi) is 7.71. The molecule has 5 rings (SSSR count). The quantitative estimate of drug-likeness (QED) is 0.256. The van der Waals surface area contributed by atoms with Gasteiger partial charge in [0, 0.05) is 30.0 Å². The number of alkyl halides is 3. The van der Waals surface area contributed by atoms with Crippen molar-refractivity contribution in [2.75, 3.05) is 30.4 Å². The van der Waals surface area contributed by atoms with Gasteiger partial charge in [0.05, 0.1) is 28.6 Å². The molecular weight excluding hydrogens is 545 g/mol. The third-order valence-electron chi connectivity index (χ3n) is 6.75. The van der Waals surface area contributed by atoms with E-state index in [0.717, 1.165) is 37.0 Å². The molecule has 1 N–H and O–H groups in total. The zero-order valence-corrected chi connectivity index (χ0v) is 22.6. The van der Waals surface area contributed by atoms with Crippen LogP contribution in [0.3, 0.4) is 0 Å². The number of amides is 1. The first-order valence-electron chi connectivity index (χ1n) is 12.7. The number of aromatic nitrogens is 2. The van der Waals surface area contributed by atoms with Crippen LogP contribution in [0.1, 0.15) is 40.7 Å². The van der Waals surface area contributed by atoms with Crippen molar-refractivity contribution in [2.45, 2.75) is 32.4 Å². The molecular formula is C29H26ClF3N4O3. The van der Waals surface area contributed by atoms with Crippen LogP contribution in [0.4, 0.5) is 24.5 Å². The fourth-order valence-corrected chi connectivity index (χ4v) is 4.85. The van der Waals surface area contributed by atoms with Gasteiger partial charge in [-0.15, -0.1) is 0 Å². The summed E-state index contributed by atoms with van der Waals surface area (Å²) in [4.78, 5) is 23.6. The van der Waals surface area contributed by atoms with Crippen LogP contribution in [0.5, 0.6) is 17.4 Å². The normalized spacial score (nSPS) is 13.8. The number of nitrogens with one attached hydrogen (secondary N) is 1. The Labute approximate surface area is 233 Å². The van der Waals surface area contributed by atoms with E-state index in [0.29, 0.717) is 46.2 Å². The molecule has 0 radical (unpaired) electrons. The minimum Gasteiger partial charge on any atom is -0.495 e. The molecule has 40 heavy (non-hydrogen) atoms. The number of aryl methyl sites for hydroxylation is 1. The second-order valence-corrected chi connectivity index (χ2v) is 9.94.